The van der Waals surface area contributed by atoms with Crippen LogP contribution >= 0.6 is 22.6 Å². The normalized spacial score (nSPS) is 24.3. The monoisotopic (exact) mass is 944 g/mol. The summed E-state index contributed by atoms with van der Waals surface area (Å²) in [4.78, 5) is 0. The third-order valence-corrected chi connectivity index (χ3v) is 37.2. The van der Waals surface area contributed by atoms with Crippen molar-refractivity contribution in [3.8, 4) is 0 Å². The number of ether oxygens (including phenoxy) is 1. The highest BCUT2D eigenvalue weighted by molar-refractivity contribution is 14.1. The lowest BCUT2D eigenvalue weighted by atomic mass is 9.90. The molecule has 1 aliphatic rings. The van der Waals surface area contributed by atoms with Crippen LogP contribution in [0.15, 0.2) is 10.2 Å². The fraction of sp³-hybridized carbons (Fsp3) is 0.951. The van der Waals surface area contributed by atoms with Crippen LogP contribution in [0.2, 0.25) is 90.7 Å². The Labute approximate surface area is 349 Å². The molecule has 0 aromatic heterocycles. The highest BCUT2D eigenvalue weighted by atomic mass is 127. The molecule has 12 heteroatoms. The number of hydrogen-bond acceptors (Lipinski definition) is 6. The second-order valence-corrected chi connectivity index (χ2v) is 46.6. The van der Waals surface area contributed by atoms with Crippen molar-refractivity contribution in [3.05, 3.63) is 10.2 Å². The molecule has 1 heterocycles. The molecule has 0 saturated carbocycles. The third-order valence-electron chi connectivity index (χ3n) is 14.2. The van der Waals surface area contributed by atoms with Gasteiger partial charge in [0.2, 0.25) is 0 Å². The molecule has 1 fully saturated rings. The van der Waals surface area contributed by atoms with Gasteiger partial charge < -0.3 is 26.9 Å². The smallest absolute Gasteiger partial charge is 0.193 e. The maximum atomic E-state index is 7.74. The van der Waals surface area contributed by atoms with E-state index in [9.17, 15) is 0 Å². The molecular formula is C41H89IO6Si5. The molecule has 6 nitrogen and oxygen atoms in total. The van der Waals surface area contributed by atoms with Gasteiger partial charge in [-0.15, -0.1) is 0 Å². The highest BCUT2D eigenvalue weighted by Gasteiger charge is 2.58. The summed E-state index contributed by atoms with van der Waals surface area (Å²) in [6, 6.07) is 3.47. The molecule has 1 rings (SSSR count). The summed E-state index contributed by atoms with van der Waals surface area (Å²) in [5.74, 6) is 0. The number of halogens is 1. The van der Waals surface area contributed by atoms with Gasteiger partial charge in [-0.1, -0.05) is 126 Å². The van der Waals surface area contributed by atoms with Crippen LogP contribution in [0.4, 0.5) is 0 Å². The zero-order valence-corrected chi connectivity index (χ0v) is 46.3. The van der Waals surface area contributed by atoms with Crippen LogP contribution in [-0.2, 0) is 26.9 Å². The van der Waals surface area contributed by atoms with Crippen LogP contribution in [0.3, 0.4) is 0 Å². The minimum Gasteiger partial charge on any atom is -0.417 e. The Morgan fingerprint density at radius 2 is 0.962 bits per heavy atom. The van der Waals surface area contributed by atoms with Crippen LogP contribution in [0, 0.1) is 0 Å². The average Bonchev–Trinajstić information content (AvgIpc) is 2.97. The first kappa shape index (κ1) is 52.3. The van der Waals surface area contributed by atoms with Crippen molar-refractivity contribution in [2.24, 2.45) is 0 Å². The second kappa shape index (κ2) is 19.1. The van der Waals surface area contributed by atoms with Gasteiger partial charge in [-0.05, 0) is 114 Å². The third kappa shape index (κ3) is 13.7. The molecule has 4 unspecified atom stereocenters. The molecule has 1 aliphatic heterocycles. The standard InChI is InChI=1S/C41H89IO6Si5/c1-24-53(25-2,26-3)43-31-27-28-32-35(46-50(18,19)39(7,8)9)37(48-52(22,23)41(13,14)15)36(47-51(20,21)40(10,11)12)34(44-32)33(29-30-42)45-49(16,17)38(4,5)6/h29-30,32-37H,24-28,31H2,1-23H3/b30-29+/t32-,33?,34-,35?,36?,37?/m0/s1. The molecule has 0 amide bonds. The van der Waals surface area contributed by atoms with Gasteiger partial charge >= 0.3 is 0 Å². The van der Waals surface area contributed by atoms with Crippen LogP contribution in [0.1, 0.15) is 117 Å². The minimum absolute atomic E-state index is 0.000748. The van der Waals surface area contributed by atoms with Crippen LogP contribution in [-0.4, -0.2) is 84.8 Å². The van der Waals surface area contributed by atoms with Crippen molar-refractivity contribution in [1.82, 2.24) is 0 Å². The molecule has 0 spiro atoms. The Hall–Kier alpha value is 1.31. The zero-order chi connectivity index (χ0) is 41.9. The minimum atomic E-state index is -2.35. The summed E-state index contributed by atoms with van der Waals surface area (Å²) in [7, 11) is -10.9. The van der Waals surface area contributed by atoms with Crippen molar-refractivity contribution in [2.75, 3.05) is 6.61 Å². The van der Waals surface area contributed by atoms with Crippen molar-refractivity contribution in [1.29, 1.82) is 0 Å². The topological polar surface area (TPSA) is 55.4 Å². The Bertz CT molecular complexity index is 1140. The summed E-state index contributed by atoms with van der Waals surface area (Å²) in [6.45, 7) is 54.6. The van der Waals surface area contributed by atoms with Gasteiger partial charge in [-0.3, -0.25) is 0 Å². The van der Waals surface area contributed by atoms with Crippen LogP contribution < -0.4 is 0 Å². The number of hydrogen-bond donors (Lipinski definition) is 0. The summed E-state index contributed by atoms with van der Waals surface area (Å²) in [5.41, 5.74) is 0. The zero-order valence-electron chi connectivity index (χ0n) is 39.2. The van der Waals surface area contributed by atoms with E-state index in [1.54, 1.807) is 0 Å². The van der Waals surface area contributed by atoms with Crippen LogP contribution in [0.5, 0.6) is 0 Å². The number of rotatable bonds is 18. The van der Waals surface area contributed by atoms with Crippen LogP contribution in [0.25, 0.3) is 0 Å². The molecule has 6 atom stereocenters. The molecule has 0 aromatic rings. The van der Waals surface area contributed by atoms with E-state index in [0.29, 0.717) is 0 Å². The van der Waals surface area contributed by atoms with E-state index in [1.165, 1.54) is 0 Å². The van der Waals surface area contributed by atoms with E-state index >= 15 is 0 Å². The summed E-state index contributed by atoms with van der Waals surface area (Å²) >= 11 is 2.35. The van der Waals surface area contributed by atoms with Gasteiger partial charge in [0.15, 0.2) is 41.6 Å². The van der Waals surface area contributed by atoms with Gasteiger partial charge in [0.05, 0.1) is 18.3 Å². The SMILES string of the molecule is CC[Si](CC)(CC)OCCC[C@@H]1O[C@@H](C(/C=C/I)O[Si](C)(C)C(C)(C)C)C(O[Si](C)(C)C(C)(C)C)C(O[Si](C)(C)C(C)(C)C)C1O[Si](C)(C)C(C)(C)C. The average molecular weight is 945 g/mol. The summed E-state index contributed by atoms with van der Waals surface area (Å²) in [6.07, 6.45) is 2.17. The lowest BCUT2D eigenvalue weighted by Crippen LogP contribution is -2.69. The predicted octanol–water partition coefficient (Wildman–Crippen LogP) is 14.1. The molecule has 0 aliphatic carbocycles. The Balaban J connectivity index is 4.18. The molecule has 0 bridgehead atoms. The fourth-order valence-electron chi connectivity index (χ4n) is 5.83. The largest absolute Gasteiger partial charge is 0.417 e. The van der Waals surface area contributed by atoms with E-state index in [2.05, 4.69) is 189 Å². The Morgan fingerprint density at radius 3 is 1.32 bits per heavy atom. The molecular weight excluding hydrogens is 856 g/mol. The van der Waals surface area contributed by atoms with Gasteiger partial charge in [0.25, 0.3) is 0 Å². The maximum Gasteiger partial charge on any atom is 0.193 e. The van der Waals surface area contributed by atoms with Crippen molar-refractivity contribution in [3.63, 3.8) is 0 Å². The molecule has 1 saturated heterocycles. The first-order chi connectivity index (χ1) is 23.6. The predicted molar refractivity (Wildman–Crippen MR) is 252 cm³/mol. The molecule has 316 valence electrons. The van der Waals surface area contributed by atoms with Crippen molar-refractivity contribution >= 4 is 64.2 Å². The molecule has 53 heavy (non-hydrogen) atoms. The first-order valence-corrected chi connectivity index (χ1v) is 36.3. The molecule has 0 aromatic carbocycles. The maximum absolute atomic E-state index is 7.74. The van der Waals surface area contributed by atoms with Gasteiger partial charge in [0.1, 0.15) is 18.3 Å². The van der Waals surface area contributed by atoms with Gasteiger partial charge in [-0.25, -0.2) is 0 Å². The quantitative estimate of drug-likeness (QED) is 0.0775. The second-order valence-electron chi connectivity index (χ2n) is 22.1. The summed E-state index contributed by atoms with van der Waals surface area (Å²) in [5, 5.41) is 0.0407. The van der Waals surface area contributed by atoms with Crippen molar-refractivity contribution < 1.29 is 26.9 Å². The molecule has 0 radical (unpaired) electrons. The Kier molecular flexibility index (Phi) is 18.9. The fourth-order valence-corrected chi connectivity index (χ4v) is 14.1. The van der Waals surface area contributed by atoms with Crippen molar-refractivity contribution in [2.45, 2.75) is 244 Å². The van der Waals surface area contributed by atoms with Gasteiger partial charge in [-0.2, -0.15) is 0 Å². The lowest BCUT2D eigenvalue weighted by Gasteiger charge is -2.56. The van der Waals surface area contributed by atoms with E-state index < -0.39 is 41.6 Å². The van der Waals surface area contributed by atoms with Gasteiger partial charge in [0, 0.05) is 6.61 Å². The van der Waals surface area contributed by atoms with E-state index in [1.807, 2.05) is 0 Å². The Morgan fingerprint density at radius 1 is 0.585 bits per heavy atom. The van der Waals surface area contributed by atoms with E-state index in [4.69, 9.17) is 26.9 Å². The summed E-state index contributed by atoms with van der Waals surface area (Å²) < 4.78 is 46.9. The van der Waals surface area contributed by atoms with E-state index in [0.717, 1.165) is 37.6 Å². The first-order valence-electron chi connectivity index (χ1n) is 20.9. The van der Waals surface area contributed by atoms with E-state index in [-0.39, 0.29) is 56.8 Å². The molecule has 0 N–H and O–H groups in total. The highest BCUT2D eigenvalue weighted by Crippen LogP contribution is 2.48. The lowest BCUT2D eigenvalue weighted by molar-refractivity contribution is -0.226.